The zero-order chi connectivity index (χ0) is 14.3. The summed E-state index contributed by atoms with van der Waals surface area (Å²) < 4.78 is 23.0. The number of nitrogens with two attached hydrogens (primary N) is 1. The molecule has 0 bridgehead atoms. The van der Waals surface area contributed by atoms with Gasteiger partial charge < -0.3 is 16.2 Å². The Labute approximate surface area is 110 Å². The minimum Gasteiger partial charge on any atom is -0.478 e. The van der Waals surface area contributed by atoms with Crippen molar-refractivity contribution in [1.29, 1.82) is 0 Å². The number of rotatable bonds is 3. The maximum atomic E-state index is 11.5. The molecule has 2 heterocycles. The van der Waals surface area contributed by atoms with E-state index in [1.807, 2.05) is 0 Å². The first-order valence-electron chi connectivity index (χ1n) is 5.68. The lowest BCUT2D eigenvalue weighted by Crippen LogP contribution is -2.37. The lowest BCUT2D eigenvalue weighted by atomic mass is 10.0. The first-order valence-corrected chi connectivity index (χ1v) is 7.50. The van der Waals surface area contributed by atoms with Crippen molar-refractivity contribution in [3.05, 3.63) is 17.8 Å². The van der Waals surface area contributed by atoms with Crippen LogP contribution < -0.4 is 11.1 Å². The summed E-state index contributed by atoms with van der Waals surface area (Å²) in [5, 5.41) is 12.0. The molecule has 1 aromatic rings. The van der Waals surface area contributed by atoms with E-state index in [0.29, 0.717) is 6.42 Å². The first-order chi connectivity index (χ1) is 8.71. The number of nitrogen functional groups attached to an aromatic ring is 1. The number of aromatic carboxylic acids is 1. The van der Waals surface area contributed by atoms with Crippen LogP contribution in [0.5, 0.6) is 0 Å². The third kappa shape index (κ3) is 2.95. The molecule has 0 amide bonds. The number of nitrogens with one attached hydrogen (secondary N) is 1. The number of hydrogen-bond donors (Lipinski definition) is 3. The molecule has 1 saturated heterocycles. The Morgan fingerprint density at radius 1 is 1.58 bits per heavy atom. The van der Waals surface area contributed by atoms with Gasteiger partial charge in [-0.25, -0.2) is 18.2 Å². The summed E-state index contributed by atoms with van der Waals surface area (Å²) in [7, 11) is -3.08. The van der Waals surface area contributed by atoms with Crippen LogP contribution in [-0.4, -0.2) is 41.5 Å². The van der Waals surface area contributed by atoms with Crippen molar-refractivity contribution >= 4 is 27.3 Å². The van der Waals surface area contributed by atoms with Crippen LogP contribution >= 0.6 is 0 Å². The average molecular weight is 285 g/mol. The largest absolute Gasteiger partial charge is 0.478 e. The Kier molecular flexibility index (Phi) is 3.13. The van der Waals surface area contributed by atoms with E-state index >= 15 is 0 Å². The van der Waals surface area contributed by atoms with Crippen molar-refractivity contribution in [1.82, 2.24) is 4.98 Å². The molecule has 0 radical (unpaired) electrons. The van der Waals surface area contributed by atoms with Crippen molar-refractivity contribution < 1.29 is 18.3 Å². The number of anilines is 2. The number of carboxylic acids is 1. The smallest absolute Gasteiger partial charge is 0.339 e. The Morgan fingerprint density at radius 3 is 2.79 bits per heavy atom. The molecule has 19 heavy (non-hydrogen) atoms. The first kappa shape index (κ1) is 13.6. The Morgan fingerprint density at radius 2 is 2.26 bits per heavy atom. The predicted molar refractivity (Wildman–Crippen MR) is 70.9 cm³/mol. The second-order valence-corrected chi connectivity index (χ2v) is 7.18. The van der Waals surface area contributed by atoms with Gasteiger partial charge in [0.25, 0.3) is 0 Å². The molecule has 0 aromatic carbocycles. The molecule has 0 spiro atoms. The molecule has 1 aliphatic heterocycles. The quantitative estimate of drug-likeness (QED) is 0.732. The second kappa shape index (κ2) is 4.37. The van der Waals surface area contributed by atoms with Crippen LogP contribution in [0.2, 0.25) is 0 Å². The van der Waals surface area contributed by atoms with Gasteiger partial charge in [0.15, 0.2) is 9.84 Å². The normalized spacial score (nSPS) is 25.1. The number of carbonyl (C=O) groups is 1. The highest BCUT2D eigenvalue weighted by Gasteiger charge is 2.39. The van der Waals surface area contributed by atoms with Crippen molar-refractivity contribution in [2.24, 2.45) is 0 Å². The van der Waals surface area contributed by atoms with Crippen molar-refractivity contribution in [3.8, 4) is 0 Å². The summed E-state index contributed by atoms with van der Waals surface area (Å²) in [6.45, 7) is 1.74. The maximum absolute atomic E-state index is 11.5. The molecule has 1 aromatic heterocycles. The van der Waals surface area contributed by atoms with Crippen LogP contribution in [0.1, 0.15) is 23.7 Å². The van der Waals surface area contributed by atoms with Crippen LogP contribution in [0.15, 0.2) is 12.3 Å². The monoisotopic (exact) mass is 285 g/mol. The van der Waals surface area contributed by atoms with Crippen LogP contribution in [0.25, 0.3) is 0 Å². The van der Waals surface area contributed by atoms with E-state index in [4.69, 9.17) is 10.8 Å². The zero-order valence-electron chi connectivity index (χ0n) is 10.4. The SMILES string of the molecule is CC1(Nc2ncc(N)cc2C(=O)O)CCS(=O)(=O)C1. The number of sulfone groups is 1. The number of aromatic nitrogens is 1. The lowest BCUT2D eigenvalue weighted by molar-refractivity contribution is 0.0697. The molecule has 1 unspecified atom stereocenters. The number of carboxylic acid groups (broad SMARTS) is 1. The van der Waals surface area contributed by atoms with Gasteiger partial charge in [-0.15, -0.1) is 0 Å². The fourth-order valence-electron chi connectivity index (χ4n) is 2.14. The molecule has 7 nitrogen and oxygen atoms in total. The van der Waals surface area contributed by atoms with Gasteiger partial charge in [-0.05, 0) is 19.4 Å². The summed E-state index contributed by atoms with van der Waals surface area (Å²) in [5.41, 5.74) is 4.98. The Bertz CT molecular complexity index is 629. The summed E-state index contributed by atoms with van der Waals surface area (Å²) >= 11 is 0. The Balaban J connectivity index is 2.32. The fourth-order valence-corrected chi connectivity index (χ4v) is 4.23. The van der Waals surface area contributed by atoms with Gasteiger partial charge in [0.2, 0.25) is 0 Å². The average Bonchev–Trinajstić information content (AvgIpc) is 2.55. The minimum absolute atomic E-state index is 0.0366. The van der Waals surface area contributed by atoms with Crippen LogP contribution in [-0.2, 0) is 9.84 Å². The summed E-state index contributed by atoms with van der Waals surface area (Å²) in [5.74, 6) is -0.966. The van der Waals surface area contributed by atoms with Gasteiger partial charge in [0, 0.05) is 0 Å². The van der Waals surface area contributed by atoms with Crippen molar-refractivity contribution in [2.75, 3.05) is 22.6 Å². The van der Waals surface area contributed by atoms with Crippen LogP contribution in [0.4, 0.5) is 11.5 Å². The lowest BCUT2D eigenvalue weighted by Gasteiger charge is -2.25. The van der Waals surface area contributed by atoms with Gasteiger partial charge in [-0.1, -0.05) is 0 Å². The molecular formula is C11H15N3O4S. The van der Waals surface area contributed by atoms with E-state index in [0.717, 1.165) is 0 Å². The van der Waals surface area contributed by atoms with Gasteiger partial charge in [0.1, 0.15) is 11.4 Å². The van der Waals surface area contributed by atoms with Gasteiger partial charge in [0.05, 0.1) is 28.9 Å². The third-order valence-corrected chi connectivity index (χ3v) is 4.97. The highest BCUT2D eigenvalue weighted by atomic mass is 32.2. The van der Waals surface area contributed by atoms with Gasteiger partial charge >= 0.3 is 5.97 Å². The third-order valence-electron chi connectivity index (χ3n) is 3.06. The number of nitrogens with zero attached hydrogens (tertiary/aromatic N) is 1. The fraction of sp³-hybridized carbons (Fsp3) is 0.455. The molecule has 1 aliphatic rings. The molecule has 0 saturated carbocycles. The maximum Gasteiger partial charge on any atom is 0.339 e. The Hall–Kier alpha value is -1.83. The zero-order valence-corrected chi connectivity index (χ0v) is 11.2. The van der Waals surface area contributed by atoms with Crippen molar-refractivity contribution in [2.45, 2.75) is 18.9 Å². The van der Waals surface area contributed by atoms with Gasteiger partial charge in [-0.2, -0.15) is 0 Å². The predicted octanol–water partition coefficient (Wildman–Crippen LogP) is 0.351. The molecule has 2 rings (SSSR count). The molecule has 8 heteroatoms. The molecule has 0 aliphatic carbocycles. The van der Waals surface area contributed by atoms with E-state index in [2.05, 4.69) is 10.3 Å². The van der Waals surface area contributed by atoms with Crippen LogP contribution in [0, 0.1) is 0 Å². The summed E-state index contributed by atoms with van der Waals surface area (Å²) in [6, 6.07) is 1.30. The summed E-state index contributed by atoms with van der Waals surface area (Å²) in [4.78, 5) is 15.1. The topological polar surface area (TPSA) is 122 Å². The van der Waals surface area contributed by atoms with E-state index in [1.54, 1.807) is 6.92 Å². The van der Waals surface area contributed by atoms with E-state index in [-0.39, 0.29) is 28.6 Å². The highest BCUT2D eigenvalue weighted by molar-refractivity contribution is 7.91. The molecule has 1 atom stereocenters. The molecule has 4 N–H and O–H groups in total. The molecule has 104 valence electrons. The van der Waals surface area contributed by atoms with E-state index < -0.39 is 21.3 Å². The van der Waals surface area contributed by atoms with E-state index in [9.17, 15) is 13.2 Å². The van der Waals surface area contributed by atoms with Gasteiger partial charge in [-0.3, -0.25) is 0 Å². The molecular weight excluding hydrogens is 270 g/mol. The molecule has 1 fully saturated rings. The standard InChI is InChI=1S/C11H15N3O4S/c1-11(2-3-19(17,18)6-11)14-9-8(10(15)16)4-7(12)5-13-9/h4-5H,2-3,6,12H2,1H3,(H,13,14)(H,15,16). The number of hydrogen-bond acceptors (Lipinski definition) is 6. The highest BCUT2D eigenvalue weighted by Crippen LogP contribution is 2.28. The van der Waals surface area contributed by atoms with E-state index in [1.165, 1.54) is 12.3 Å². The second-order valence-electron chi connectivity index (χ2n) is 5.00. The van der Waals surface area contributed by atoms with Crippen molar-refractivity contribution in [3.63, 3.8) is 0 Å². The number of pyridine rings is 1. The minimum atomic E-state index is -3.08. The van der Waals surface area contributed by atoms with Crippen LogP contribution in [0.3, 0.4) is 0 Å². The summed E-state index contributed by atoms with van der Waals surface area (Å²) in [6.07, 6.45) is 1.75.